The van der Waals surface area contributed by atoms with Gasteiger partial charge in [-0.15, -0.1) is 0 Å². The number of fused-ring (bicyclic) bond motifs is 1. The molecule has 0 bridgehead atoms. The second kappa shape index (κ2) is 2.76. The van der Waals surface area contributed by atoms with Gasteiger partial charge in [0, 0.05) is 6.20 Å². The Morgan fingerprint density at radius 1 is 1.38 bits per heavy atom. The third-order valence-corrected chi connectivity index (χ3v) is 2.09. The molecule has 2 aromatic heterocycles. The summed E-state index contributed by atoms with van der Waals surface area (Å²) in [5.41, 5.74) is 3.07. The number of pyridine rings is 1. The van der Waals surface area contributed by atoms with E-state index < -0.39 is 0 Å². The number of imidazole rings is 1. The minimum absolute atomic E-state index is 0.815. The fourth-order valence-corrected chi connectivity index (χ4v) is 1.49. The predicted octanol–water partition coefficient (Wildman–Crippen LogP) is 1.96. The van der Waals surface area contributed by atoms with E-state index in [1.807, 2.05) is 29.7 Å². The first-order chi connectivity index (χ1) is 6.22. The highest BCUT2D eigenvalue weighted by molar-refractivity contribution is 5.47. The fraction of sp³-hybridized carbons (Fsp3) is 0.300. The number of aryl methyl sites for hydroxylation is 2. The Morgan fingerprint density at radius 3 is 2.85 bits per heavy atom. The number of hydrogen-bond donors (Lipinski definition) is 0. The number of hydrogen-bond acceptors (Lipinski definition) is 2. The second-order valence-corrected chi connectivity index (χ2v) is 3.14. The summed E-state index contributed by atoms with van der Waals surface area (Å²) in [5, 5.41) is 0. The minimum atomic E-state index is 0.815. The minimum Gasteiger partial charge on any atom is -0.481 e. The number of nitrogens with zero attached hydrogens (tertiary/aromatic N) is 2. The van der Waals surface area contributed by atoms with Crippen molar-refractivity contribution in [2.75, 3.05) is 7.11 Å². The van der Waals surface area contributed by atoms with Crippen molar-refractivity contribution in [2.24, 2.45) is 0 Å². The predicted molar refractivity (Wildman–Crippen MR) is 51.2 cm³/mol. The van der Waals surface area contributed by atoms with Crippen molar-refractivity contribution in [3.63, 3.8) is 0 Å². The van der Waals surface area contributed by atoms with Crippen LogP contribution in [0.2, 0.25) is 0 Å². The van der Waals surface area contributed by atoms with Gasteiger partial charge in [0.25, 0.3) is 0 Å². The maximum atomic E-state index is 5.24. The van der Waals surface area contributed by atoms with Crippen LogP contribution in [-0.4, -0.2) is 16.5 Å². The zero-order valence-corrected chi connectivity index (χ0v) is 8.03. The van der Waals surface area contributed by atoms with Gasteiger partial charge in [-0.05, 0) is 31.5 Å². The highest BCUT2D eigenvalue weighted by Gasteiger charge is 2.07. The van der Waals surface area contributed by atoms with Gasteiger partial charge in [0.05, 0.1) is 7.11 Å². The average molecular weight is 176 g/mol. The van der Waals surface area contributed by atoms with Crippen LogP contribution >= 0.6 is 0 Å². The molecule has 2 aromatic rings. The summed E-state index contributed by atoms with van der Waals surface area (Å²) in [7, 11) is 1.66. The lowest BCUT2D eigenvalue weighted by molar-refractivity contribution is 0.391. The molecule has 0 radical (unpaired) electrons. The molecule has 0 fully saturated rings. The first kappa shape index (κ1) is 8.10. The van der Waals surface area contributed by atoms with Crippen LogP contribution in [0.4, 0.5) is 0 Å². The summed E-state index contributed by atoms with van der Waals surface area (Å²) in [6.07, 6.45) is 1.98. The highest BCUT2D eigenvalue weighted by atomic mass is 16.5. The normalized spacial score (nSPS) is 10.7. The van der Waals surface area contributed by atoms with E-state index in [4.69, 9.17) is 4.74 Å². The molecular weight excluding hydrogens is 164 g/mol. The summed E-state index contributed by atoms with van der Waals surface area (Å²) < 4.78 is 7.19. The molecule has 0 atom stereocenters. The average Bonchev–Trinajstić information content (AvgIpc) is 2.39. The molecule has 2 rings (SSSR count). The summed E-state index contributed by atoms with van der Waals surface area (Å²) >= 11 is 0. The van der Waals surface area contributed by atoms with Crippen molar-refractivity contribution in [3.05, 3.63) is 29.6 Å². The molecular formula is C10H12N2O. The van der Waals surface area contributed by atoms with E-state index in [-0.39, 0.29) is 0 Å². The lowest BCUT2D eigenvalue weighted by Crippen LogP contribution is -1.91. The van der Waals surface area contributed by atoms with E-state index in [2.05, 4.69) is 11.9 Å². The Morgan fingerprint density at radius 2 is 2.15 bits per heavy atom. The Kier molecular flexibility index (Phi) is 1.72. The quantitative estimate of drug-likeness (QED) is 0.664. The van der Waals surface area contributed by atoms with Gasteiger partial charge >= 0.3 is 0 Å². The molecule has 0 aliphatic heterocycles. The molecule has 0 unspecified atom stereocenters. The molecule has 0 aromatic carbocycles. The van der Waals surface area contributed by atoms with Crippen molar-refractivity contribution < 1.29 is 4.74 Å². The number of aromatic nitrogens is 2. The van der Waals surface area contributed by atoms with Gasteiger partial charge in [-0.25, -0.2) is 4.98 Å². The Bertz CT molecular complexity index is 445. The molecule has 0 saturated carbocycles. The van der Waals surface area contributed by atoms with Crippen molar-refractivity contribution in [1.29, 1.82) is 0 Å². The molecule has 0 amide bonds. The number of methoxy groups -OCH3 is 1. The molecule has 0 spiro atoms. The standard InChI is InChI=1S/C10H12N2O/c1-7-4-5-12-9(6-7)11-8(2)10(12)13-3/h4-6H,1-3H3. The van der Waals surface area contributed by atoms with Crippen molar-refractivity contribution in [3.8, 4) is 5.88 Å². The molecule has 0 aliphatic rings. The van der Waals surface area contributed by atoms with Gasteiger partial charge in [-0.2, -0.15) is 0 Å². The second-order valence-electron chi connectivity index (χ2n) is 3.14. The number of rotatable bonds is 1. The van der Waals surface area contributed by atoms with Crippen LogP contribution in [-0.2, 0) is 0 Å². The van der Waals surface area contributed by atoms with Gasteiger partial charge in [0.15, 0.2) is 0 Å². The Hall–Kier alpha value is -1.51. The van der Waals surface area contributed by atoms with Gasteiger partial charge < -0.3 is 4.74 Å². The molecule has 13 heavy (non-hydrogen) atoms. The molecule has 0 saturated heterocycles. The third-order valence-electron chi connectivity index (χ3n) is 2.09. The maximum absolute atomic E-state index is 5.24. The largest absolute Gasteiger partial charge is 0.481 e. The van der Waals surface area contributed by atoms with Gasteiger partial charge in [0.1, 0.15) is 11.3 Å². The highest BCUT2D eigenvalue weighted by Crippen LogP contribution is 2.19. The number of ether oxygens (including phenoxy) is 1. The molecule has 2 heterocycles. The van der Waals surface area contributed by atoms with Crippen LogP contribution in [0.25, 0.3) is 5.65 Å². The summed E-state index contributed by atoms with van der Waals surface area (Å²) in [4.78, 5) is 4.38. The molecule has 3 heteroatoms. The maximum Gasteiger partial charge on any atom is 0.221 e. The van der Waals surface area contributed by atoms with Gasteiger partial charge in [-0.3, -0.25) is 4.40 Å². The van der Waals surface area contributed by atoms with E-state index in [1.54, 1.807) is 7.11 Å². The summed E-state index contributed by atoms with van der Waals surface area (Å²) in [6, 6.07) is 4.08. The van der Waals surface area contributed by atoms with Crippen LogP contribution in [0, 0.1) is 13.8 Å². The van der Waals surface area contributed by atoms with Crippen LogP contribution in [0.5, 0.6) is 5.88 Å². The zero-order chi connectivity index (χ0) is 9.42. The monoisotopic (exact) mass is 176 g/mol. The smallest absolute Gasteiger partial charge is 0.221 e. The third kappa shape index (κ3) is 1.16. The lowest BCUT2D eigenvalue weighted by atomic mass is 10.3. The van der Waals surface area contributed by atoms with E-state index in [0.717, 1.165) is 17.2 Å². The van der Waals surface area contributed by atoms with E-state index >= 15 is 0 Å². The van der Waals surface area contributed by atoms with Crippen molar-refractivity contribution in [1.82, 2.24) is 9.38 Å². The van der Waals surface area contributed by atoms with E-state index in [9.17, 15) is 0 Å². The lowest BCUT2D eigenvalue weighted by Gasteiger charge is -2.00. The molecule has 0 aliphatic carbocycles. The van der Waals surface area contributed by atoms with Gasteiger partial charge in [-0.1, -0.05) is 0 Å². The van der Waals surface area contributed by atoms with E-state index in [1.165, 1.54) is 5.56 Å². The molecule has 0 N–H and O–H groups in total. The van der Waals surface area contributed by atoms with Crippen LogP contribution in [0.3, 0.4) is 0 Å². The van der Waals surface area contributed by atoms with Crippen molar-refractivity contribution in [2.45, 2.75) is 13.8 Å². The summed E-state index contributed by atoms with van der Waals surface area (Å²) in [6.45, 7) is 4.00. The first-order valence-electron chi connectivity index (χ1n) is 4.21. The van der Waals surface area contributed by atoms with Crippen molar-refractivity contribution >= 4 is 5.65 Å². The van der Waals surface area contributed by atoms with Crippen LogP contribution < -0.4 is 4.74 Å². The molecule has 68 valence electrons. The van der Waals surface area contributed by atoms with Crippen LogP contribution in [0.15, 0.2) is 18.3 Å². The van der Waals surface area contributed by atoms with E-state index in [0.29, 0.717) is 0 Å². The SMILES string of the molecule is COc1c(C)nc2cc(C)ccn12. The van der Waals surface area contributed by atoms with Crippen LogP contribution in [0.1, 0.15) is 11.3 Å². The molecule has 3 nitrogen and oxygen atoms in total. The van der Waals surface area contributed by atoms with Gasteiger partial charge in [0.2, 0.25) is 5.88 Å². The fourth-order valence-electron chi connectivity index (χ4n) is 1.49. The zero-order valence-electron chi connectivity index (χ0n) is 8.03. The Balaban J connectivity index is 2.79. The summed E-state index contributed by atoms with van der Waals surface area (Å²) in [5.74, 6) is 0.815. The first-order valence-corrected chi connectivity index (χ1v) is 4.21. The topological polar surface area (TPSA) is 26.5 Å². The Labute approximate surface area is 77.0 Å².